The van der Waals surface area contributed by atoms with E-state index in [-0.39, 0.29) is 12.2 Å². The van der Waals surface area contributed by atoms with E-state index in [2.05, 4.69) is 6.08 Å². The summed E-state index contributed by atoms with van der Waals surface area (Å²) in [6.07, 6.45) is 6.01. The van der Waals surface area contributed by atoms with Crippen LogP contribution in [0.3, 0.4) is 0 Å². The molecule has 14 heavy (non-hydrogen) atoms. The summed E-state index contributed by atoms with van der Waals surface area (Å²) >= 11 is 0. The Morgan fingerprint density at radius 3 is 3.14 bits per heavy atom. The average Bonchev–Trinajstić information content (AvgIpc) is 2.86. The number of fused-ring (bicyclic) bond motifs is 1. The topological polar surface area (TPSA) is 48.1 Å². The minimum atomic E-state index is -0.528. The van der Waals surface area contributed by atoms with Gasteiger partial charge in [-0.1, -0.05) is 12.2 Å². The van der Waals surface area contributed by atoms with E-state index in [1.54, 1.807) is 0 Å². The lowest BCUT2D eigenvalue weighted by Crippen LogP contribution is -2.42. The molecule has 3 atom stereocenters. The van der Waals surface area contributed by atoms with E-state index >= 15 is 0 Å². The van der Waals surface area contributed by atoms with Gasteiger partial charge in [0, 0.05) is 19.3 Å². The summed E-state index contributed by atoms with van der Waals surface area (Å²) in [5, 5.41) is 0. The predicted octanol–water partition coefficient (Wildman–Crippen LogP) is 1.40. The van der Waals surface area contributed by atoms with E-state index in [9.17, 15) is 4.79 Å². The molecule has 4 heteroatoms. The molecule has 0 N–H and O–H groups in total. The molecular formula is C10H12O4. The number of ether oxygens (including phenoxy) is 3. The van der Waals surface area contributed by atoms with Crippen molar-refractivity contribution in [1.29, 1.82) is 0 Å². The fourth-order valence-corrected chi connectivity index (χ4v) is 2.25. The van der Waals surface area contributed by atoms with Crippen LogP contribution in [-0.4, -0.2) is 30.6 Å². The second kappa shape index (κ2) is 2.73. The highest BCUT2D eigenvalue weighted by atomic mass is 16.8. The maximum atomic E-state index is 11.1. The molecule has 0 amide bonds. The van der Waals surface area contributed by atoms with Gasteiger partial charge in [0.05, 0.1) is 12.7 Å². The van der Waals surface area contributed by atoms with Crippen LogP contribution in [-0.2, 0) is 14.2 Å². The summed E-state index contributed by atoms with van der Waals surface area (Å²) in [5.41, 5.74) is -0.438. The van der Waals surface area contributed by atoms with Crippen molar-refractivity contribution < 1.29 is 19.0 Å². The van der Waals surface area contributed by atoms with E-state index in [0.717, 1.165) is 25.9 Å². The molecule has 3 unspecified atom stereocenters. The van der Waals surface area contributed by atoms with E-state index in [4.69, 9.17) is 14.2 Å². The Bertz CT molecular complexity index is 294. The van der Waals surface area contributed by atoms with Gasteiger partial charge in [0.15, 0.2) is 5.60 Å². The van der Waals surface area contributed by atoms with Crippen molar-refractivity contribution in [3.8, 4) is 0 Å². The normalized spacial score (nSPS) is 44.1. The molecule has 0 aromatic rings. The molecule has 1 aliphatic carbocycles. The van der Waals surface area contributed by atoms with Gasteiger partial charge in [-0.05, 0) is 0 Å². The van der Waals surface area contributed by atoms with Gasteiger partial charge in [-0.2, -0.15) is 0 Å². The second-order valence-corrected chi connectivity index (χ2v) is 4.09. The fourth-order valence-electron chi connectivity index (χ4n) is 2.25. The molecule has 2 fully saturated rings. The molecule has 0 aromatic heterocycles. The Kier molecular flexibility index (Phi) is 1.62. The number of carbonyl (C=O) groups is 1. The highest BCUT2D eigenvalue weighted by Gasteiger charge is 2.53. The Morgan fingerprint density at radius 2 is 2.36 bits per heavy atom. The lowest BCUT2D eigenvalue weighted by atomic mass is 9.83. The zero-order valence-corrected chi connectivity index (χ0v) is 7.77. The molecule has 0 saturated carbocycles. The van der Waals surface area contributed by atoms with Crippen LogP contribution in [0.5, 0.6) is 0 Å². The van der Waals surface area contributed by atoms with Crippen LogP contribution in [0.1, 0.15) is 19.3 Å². The first kappa shape index (κ1) is 8.29. The lowest BCUT2D eigenvalue weighted by molar-refractivity contribution is 0.0131. The molecule has 2 saturated heterocycles. The van der Waals surface area contributed by atoms with E-state index in [0.29, 0.717) is 0 Å². The van der Waals surface area contributed by atoms with E-state index in [1.165, 1.54) is 0 Å². The molecule has 0 aromatic carbocycles. The number of carbonyl (C=O) groups excluding carboxylic acids is 1. The zero-order valence-electron chi connectivity index (χ0n) is 7.77. The van der Waals surface area contributed by atoms with E-state index < -0.39 is 11.8 Å². The molecule has 4 nitrogen and oxygen atoms in total. The van der Waals surface area contributed by atoms with Gasteiger partial charge in [0.25, 0.3) is 0 Å². The molecule has 0 bridgehead atoms. The third-order valence-electron chi connectivity index (χ3n) is 3.07. The first-order valence-corrected chi connectivity index (χ1v) is 4.95. The lowest BCUT2D eigenvalue weighted by Gasteiger charge is -2.31. The minimum absolute atomic E-state index is 0.107. The van der Waals surface area contributed by atoms with Crippen molar-refractivity contribution in [2.45, 2.75) is 37.1 Å². The number of hydrogen-bond acceptors (Lipinski definition) is 4. The molecule has 76 valence electrons. The summed E-state index contributed by atoms with van der Waals surface area (Å²) in [7, 11) is 0. The van der Waals surface area contributed by atoms with Crippen LogP contribution in [0.4, 0.5) is 4.79 Å². The Balaban J connectivity index is 1.83. The van der Waals surface area contributed by atoms with Crippen LogP contribution in [0.25, 0.3) is 0 Å². The highest BCUT2D eigenvalue weighted by Crippen LogP contribution is 2.41. The van der Waals surface area contributed by atoms with Crippen LogP contribution in [0.15, 0.2) is 12.2 Å². The van der Waals surface area contributed by atoms with Crippen molar-refractivity contribution in [2.24, 2.45) is 0 Å². The smallest absolute Gasteiger partial charge is 0.426 e. The summed E-state index contributed by atoms with van der Waals surface area (Å²) in [6, 6.07) is 0. The molecule has 3 rings (SSSR count). The van der Waals surface area contributed by atoms with Gasteiger partial charge in [-0.25, -0.2) is 4.79 Å². The van der Waals surface area contributed by atoms with Crippen molar-refractivity contribution in [2.75, 3.05) is 6.61 Å². The first-order chi connectivity index (χ1) is 6.78. The third-order valence-corrected chi connectivity index (χ3v) is 3.07. The molecule has 0 spiro atoms. The Labute approximate surface area is 81.8 Å². The maximum Gasteiger partial charge on any atom is 0.509 e. The second-order valence-electron chi connectivity index (χ2n) is 4.09. The van der Waals surface area contributed by atoms with Gasteiger partial charge in [-0.3, -0.25) is 0 Å². The quantitative estimate of drug-likeness (QED) is 0.380. The summed E-state index contributed by atoms with van der Waals surface area (Å²) in [4.78, 5) is 11.1. The molecule has 2 heterocycles. The van der Waals surface area contributed by atoms with Crippen molar-refractivity contribution in [3.63, 3.8) is 0 Å². The van der Waals surface area contributed by atoms with Crippen LogP contribution in [0, 0.1) is 0 Å². The Hall–Kier alpha value is -1.03. The minimum Gasteiger partial charge on any atom is -0.426 e. The van der Waals surface area contributed by atoms with Gasteiger partial charge >= 0.3 is 6.16 Å². The van der Waals surface area contributed by atoms with E-state index in [1.807, 2.05) is 6.08 Å². The Morgan fingerprint density at radius 1 is 1.50 bits per heavy atom. The van der Waals surface area contributed by atoms with Crippen molar-refractivity contribution >= 4 is 6.16 Å². The summed E-state index contributed by atoms with van der Waals surface area (Å²) in [6.45, 7) is 0.787. The SMILES string of the molecule is O=C1OC2CC=CCC2(CC2CO2)O1. The van der Waals surface area contributed by atoms with Gasteiger partial charge in [-0.15, -0.1) is 0 Å². The molecule has 3 aliphatic rings. The third kappa shape index (κ3) is 1.21. The summed E-state index contributed by atoms with van der Waals surface area (Å²) < 4.78 is 15.6. The first-order valence-electron chi connectivity index (χ1n) is 4.95. The molecular weight excluding hydrogens is 184 g/mol. The predicted molar refractivity (Wildman–Crippen MR) is 46.8 cm³/mol. The van der Waals surface area contributed by atoms with Crippen molar-refractivity contribution in [3.05, 3.63) is 12.2 Å². The summed E-state index contributed by atoms with van der Waals surface area (Å²) in [5.74, 6) is 0. The number of rotatable bonds is 2. The molecule has 2 aliphatic heterocycles. The van der Waals surface area contributed by atoms with Crippen LogP contribution >= 0.6 is 0 Å². The molecule has 0 radical (unpaired) electrons. The standard InChI is InChI=1S/C10H12O4/c11-9-13-8-3-1-2-4-10(8,14-9)5-7-6-12-7/h1-2,7-8H,3-6H2. The van der Waals surface area contributed by atoms with Crippen LogP contribution in [0.2, 0.25) is 0 Å². The number of hydrogen-bond donors (Lipinski definition) is 0. The van der Waals surface area contributed by atoms with Gasteiger partial charge in [0.1, 0.15) is 6.10 Å². The monoisotopic (exact) mass is 196 g/mol. The van der Waals surface area contributed by atoms with Crippen LogP contribution < -0.4 is 0 Å². The van der Waals surface area contributed by atoms with Crippen molar-refractivity contribution in [1.82, 2.24) is 0 Å². The maximum absolute atomic E-state index is 11.1. The highest BCUT2D eigenvalue weighted by molar-refractivity contribution is 5.64. The zero-order chi connectivity index (χ0) is 9.60. The largest absolute Gasteiger partial charge is 0.509 e. The van der Waals surface area contributed by atoms with Gasteiger partial charge in [0.2, 0.25) is 0 Å². The number of epoxide rings is 1. The average molecular weight is 196 g/mol. The fraction of sp³-hybridized carbons (Fsp3) is 0.700. The van der Waals surface area contributed by atoms with Gasteiger partial charge < -0.3 is 14.2 Å².